The SMILES string of the molecule is CCNC(=O)c1nccnc1CC1CCCN(C(C)=O)C1. The number of nitrogens with one attached hydrogen (secondary N) is 1. The quantitative estimate of drug-likeness (QED) is 0.898. The Bertz CT molecular complexity index is 518. The second-order valence-electron chi connectivity index (χ2n) is 5.39. The lowest BCUT2D eigenvalue weighted by Crippen LogP contribution is -2.39. The van der Waals surface area contributed by atoms with Gasteiger partial charge >= 0.3 is 0 Å². The van der Waals surface area contributed by atoms with E-state index in [1.54, 1.807) is 13.1 Å². The van der Waals surface area contributed by atoms with E-state index in [-0.39, 0.29) is 11.8 Å². The third kappa shape index (κ3) is 4.00. The number of carbonyl (C=O) groups is 2. The first-order chi connectivity index (χ1) is 10.1. The highest BCUT2D eigenvalue weighted by atomic mass is 16.2. The molecule has 2 heterocycles. The van der Waals surface area contributed by atoms with Crippen LogP contribution < -0.4 is 5.32 Å². The van der Waals surface area contributed by atoms with Gasteiger partial charge in [0.05, 0.1) is 5.69 Å². The van der Waals surface area contributed by atoms with Crippen molar-refractivity contribution >= 4 is 11.8 Å². The van der Waals surface area contributed by atoms with Crippen molar-refractivity contribution in [3.05, 3.63) is 23.8 Å². The van der Waals surface area contributed by atoms with Crippen molar-refractivity contribution < 1.29 is 9.59 Å². The van der Waals surface area contributed by atoms with Crippen LogP contribution in [0.1, 0.15) is 42.9 Å². The Morgan fingerprint density at radius 2 is 2.14 bits per heavy atom. The number of rotatable bonds is 4. The van der Waals surface area contributed by atoms with Gasteiger partial charge in [-0.15, -0.1) is 0 Å². The Kier molecular flexibility index (Phi) is 5.25. The number of piperidine rings is 1. The van der Waals surface area contributed by atoms with Gasteiger partial charge in [0, 0.05) is 39.0 Å². The average molecular weight is 290 g/mol. The smallest absolute Gasteiger partial charge is 0.271 e. The summed E-state index contributed by atoms with van der Waals surface area (Å²) in [6.07, 6.45) is 5.89. The average Bonchev–Trinajstić information content (AvgIpc) is 2.48. The van der Waals surface area contributed by atoms with Crippen LogP contribution in [-0.2, 0) is 11.2 Å². The first kappa shape index (κ1) is 15.4. The minimum atomic E-state index is -0.181. The molecule has 1 aromatic rings. The minimum absolute atomic E-state index is 0.114. The van der Waals surface area contributed by atoms with Crippen molar-refractivity contribution in [2.75, 3.05) is 19.6 Å². The molecular formula is C15H22N4O2. The lowest BCUT2D eigenvalue weighted by Gasteiger charge is -2.32. The van der Waals surface area contributed by atoms with Crippen molar-refractivity contribution in [1.29, 1.82) is 0 Å². The maximum Gasteiger partial charge on any atom is 0.271 e. The van der Waals surface area contributed by atoms with E-state index in [1.807, 2.05) is 11.8 Å². The summed E-state index contributed by atoms with van der Waals surface area (Å²) < 4.78 is 0. The molecule has 114 valence electrons. The Labute approximate surface area is 125 Å². The molecule has 6 nitrogen and oxygen atoms in total. The van der Waals surface area contributed by atoms with Crippen LogP contribution in [0.3, 0.4) is 0 Å². The molecule has 0 saturated carbocycles. The monoisotopic (exact) mass is 290 g/mol. The summed E-state index contributed by atoms with van der Waals surface area (Å²) in [5, 5.41) is 2.76. The molecule has 0 bridgehead atoms. The number of amides is 2. The van der Waals surface area contributed by atoms with E-state index >= 15 is 0 Å². The molecule has 1 aliphatic rings. The molecule has 2 rings (SSSR count). The molecule has 21 heavy (non-hydrogen) atoms. The first-order valence-corrected chi connectivity index (χ1v) is 7.45. The van der Waals surface area contributed by atoms with Crippen molar-refractivity contribution in [2.45, 2.75) is 33.1 Å². The Morgan fingerprint density at radius 1 is 1.38 bits per heavy atom. The number of nitrogens with zero attached hydrogens (tertiary/aromatic N) is 3. The van der Waals surface area contributed by atoms with E-state index in [2.05, 4.69) is 15.3 Å². The van der Waals surface area contributed by atoms with E-state index in [4.69, 9.17) is 0 Å². The van der Waals surface area contributed by atoms with Crippen LogP contribution in [0, 0.1) is 5.92 Å². The van der Waals surface area contributed by atoms with Crippen LogP contribution in [0.25, 0.3) is 0 Å². The largest absolute Gasteiger partial charge is 0.351 e. The minimum Gasteiger partial charge on any atom is -0.351 e. The van der Waals surface area contributed by atoms with E-state index in [0.29, 0.717) is 24.6 Å². The third-order valence-corrected chi connectivity index (χ3v) is 3.77. The van der Waals surface area contributed by atoms with Gasteiger partial charge in [-0.05, 0) is 32.1 Å². The van der Waals surface area contributed by atoms with Crippen LogP contribution >= 0.6 is 0 Å². The van der Waals surface area contributed by atoms with Gasteiger partial charge in [-0.2, -0.15) is 0 Å². The zero-order chi connectivity index (χ0) is 15.2. The van der Waals surface area contributed by atoms with E-state index < -0.39 is 0 Å². The molecule has 1 unspecified atom stereocenters. The van der Waals surface area contributed by atoms with Gasteiger partial charge in [0.15, 0.2) is 0 Å². The molecule has 1 aliphatic heterocycles. The maximum absolute atomic E-state index is 12.0. The number of hydrogen-bond acceptors (Lipinski definition) is 4. The van der Waals surface area contributed by atoms with Gasteiger partial charge in [0.1, 0.15) is 5.69 Å². The number of carbonyl (C=O) groups excluding carboxylic acids is 2. The van der Waals surface area contributed by atoms with Crippen LogP contribution in [0.15, 0.2) is 12.4 Å². The predicted octanol–water partition coefficient (Wildman–Crippen LogP) is 1.03. The zero-order valence-electron chi connectivity index (χ0n) is 12.6. The summed E-state index contributed by atoms with van der Waals surface area (Å²) in [6, 6.07) is 0. The van der Waals surface area contributed by atoms with Gasteiger partial charge in [0.25, 0.3) is 5.91 Å². The highest BCUT2D eigenvalue weighted by molar-refractivity contribution is 5.93. The highest BCUT2D eigenvalue weighted by Gasteiger charge is 2.24. The fraction of sp³-hybridized carbons (Fsp3) is 0.600. The van der Waals surface area contributed by atoms with Crippen molar-refractivity contribution in [3.8, 4) is 0 Å². The van der Waals surface area contributed by atoms with E-state index in [0.717, 1.165) is 31.6 Å². The molecule has 1 saturated heterocycles. The summed E-state index contributed by atoms with van der Waals surface area (Å²) in [5.74, 6) is 0.273. The summed E-state index contributed by atoms with van der Waals surface area (Å²) in [7, 11) is 0. The fourth-order valence-electron chi connectivity index (χ4n) is 2.74. The first-order valence-electron chi connectivity index (χ1n) is 7.45. The van der Waals surface area contributed by atoms with E-state index in [1.165, 1.54) is 6.20 Å². The number of likely N-dealkylation sites (tertiary alicyclic amines) is 1. The lowest BCUT2D eigenvalue weighted by atomic mass is 9.92. The normalized spacial score (nSPS) is 18.4. The standard InChI is InChI=1S/C15H22N4O2/c1-3-16-15(21)14-13(17-6-7-18-14)9-12-5-4-8-19(10-12)11(2)20/h6-7,12H,3-5,8-10H2,1-2H3,(H,16,21). The molecule has 6 heteroatoms. The van der Waals surface area contributed by atoms with Crippen LogP contribution in [-0.4, -0.2) is 46.3 Å². The van der Waals surface area contributed by atoms with Gasteiger partial charge in [-0.3, -0.25) is 14.6 Å². The van der Waals surface area contributed by atoms with Gasteiger partial charge < -0.3 is 10.2 Å². The fourth-order valence-corrected chi connectivity index (χ4v) is 2.74. The second kappa shape index (κ2) is 7.15. The van der Waals surface area contributed by atoms with Crippen LogP contribution in [0.5, 0.6) is 0 Å². The Morgan fingerprint density at radius 3 is 2.86 bits per heavy atom. The molecule has 2 amide bonds. The van der Waals surface area contributed by atoms with Crippen molar-refractivity contribution in [3.63, 3.8) is 0 Å². The van der Waals surface area contributed by atoms with Gasteiger partial charge in [0.2, 0.25) is 5.91 Å². The molecule has 1 aromatic heterocycles. The highest BCUT2D eigenvalue weighted by Crippen LogP contribution is 2.21. The molecule has 0 aliphatic carbocycles. The summed E-state index contributed by atoms with van der Waals surface area (Å²) in [6.45, 7) is 5.61. The van der Waals surface area contributed by atoms with Gasteiger partial charge in [-0.1, -0.05) is 0 Å². The number of hydrogen-bond donors (Lipinski definition) is 1. The molecule has 0 spiro atoms. The molecule has 0 radical (unpaired) electrons. The second-order valence-corrected chi connectivity index (χ2v) is 5.39. The maximum atomic E-state index is 12.0. The topological polar surface area (TPSA) is 75.2 Å². The zero-order valence-corrected chi connectivity index (χ0v) is 12.6. The predicted molar refractivity (Wildman–Crippen MR) is 78.7 cm³/mol. The third-order valence-electron chi connectivity index (χ3n) is 3.77. The molecule has 1 atom stereocenters. The molecule has 0 aromatic carbocycles. The van der Waals surface area contributed by atoms with Crippen molar-refractivity contribution in [1.82, 2.24) is 20.2 Å². The molecular weight excluding hydrogens is 268 g/mol. The molecule has 1 fully saturated rings. The Hall–Kier alpha value is -1.98. The molecule has 1 N–H and O–H groups in total. The lowest BCUT2D eigenvalue weighted by molar-refractivity contribution is -0.130. The Balaban J connectivity index is 2.09. The van der Waals surface area contributed by atoms with Crippen LogP contribution in [0.4, 0.5) is 0 Å². The van der Waals surface area contributed by atoms with Crippen LogP contribution in [0.2, 0.25) is 0 Å². The van der Waals surface area contributed by atoms with Crippen molar-refractivity contribution in [2.24, 2.45) is 5.92 Å². The summed E-state index contributed by atoms with van der Waals surface area (Å²) >= 11 is 0. The summed E-state index contributed by atoms with van der Waals surface area (Å²) in [4.78, 5) is 33.8. The van der Waals surface area contributed by atoms with Gasteiger partial charge in [-0.25, -0.2) is 4.98 Å². The number of aromatic nitrogens is 2. The van der Waals surface area contributed by atoms with E-state index in [9.17, 15) is 9.59 Å². The summed E-state index contributed by atoms with van der Waals surface area (Å²) in [5.41, 5.74) is 1.12.